The Labute approximate surface area is 122 Å². The zero-order valence-electron chi connectivity index (χ0n) is 9.64. The van der Waals surface area contributed by atoms with E-state index in [4.69, 9.17) is 11.6 Å². The summed E-state index contributed by atoms with van der Waals surface area (Å²) in [6.45, 7) is 0. The molecule has 2 aromatic carbocycles. The van der Waals surface area contributed by atoms with Gasteiger partial charge in [-0.15, -0.1) is 0 Å². The number of benzene rings is 2. The van der Waals surface area contributed by atoms with E-state index in [1.807, 2.05) is 12.1 Å². The fourth-order valence-electron chi connectivity index (χ4n) is 1.74. The van der Waals surface area contributed by atoms with Gasteiger partial charge in [0.25, 0.3) is 0 Å². The van der Waals surface area contributed by atoms with Crippen LogP contribution in [-0.4, -0.2) is 0 Å². The summed E-state index contributed by atoms with van der Waals surface area (Å²) in [7, 11) is 0. The predicted molar refractivity (Wildman–Crippen MR) is 74.5 cm³/mol. The lowest BCUT2D eigenvalue weighted by atomic mass is 10.0. The summed E-state index contributed by atoms with van der Waals surface area (Å²) >= 11 is 9.54. The Morgan fingerprint density at radius 1 is 1.00 bits per heavy atom. The highest BCUT2D eigenvalue weighted by Crippen LogP contribution is 2.34. The summed E-state index contributed by atoms with van der Waals surface area (Å²) < 4.78 is 37.5. The predicted octanol–water partition coefficient (Wildman–Crippen LogP) is 5.92. The lowest BCUT2D eigenvalue weighted by Gasteiger charge is -2.10. The molecule has 2 aromatic rings. The van der Waals surface area contributed by atoms with E-state index in [1.54, 1.807) is 6.07 Å². The molecule has 0 aliphatic carbocycles. The van der Waals surface area contributed by atoms with Crippen LogP contribution in [0.5, 0.6) is 0 Å². The average Bonchev–Trinajstić information content (AvgIpc) is 2.38. The fourth-order valence-corrected chi connectivity index (χ4v) is 2.68. The molecule has 0 radical (unpaired) electrons. The maximum Gasteiger partial charge on any atom is 0.416 e. The topological polar surface area (TPSA) is 0 Å². The first kappa shape index (κ1) is 14.4. The highest BCUT2D eigenvalue weighted by atomic mass is 79.9. The lowest BCUT2D eigenvalue weighted by Crippen LogP contribution is -2.04. The van der Waals surface area contributed by atoms with Crippen molar-refractivity contribution >= 4 is 27.5 Å². The van der Waals surface area contributed by atoms with Gasteiger partial charge in [-0.3, -0.25) is 0 Å². The number of hydrogen-bond acceptors (Lipinski definition) is 0. The van der Waals surface area contributed by atoms with Crippen molar-refractivity contribution in [2.45, 2.75) is 11.5 Å². The zero-order valence-corrected chi connectivity index (χ0v) is 12.0. The van der Waals surface area contributed by atoms with E-state index < -0.39 is 11.7 Å². The summed E-state index contributed by atoms with van der Waals surface area (Å²) in [5, 5.41) is 1.15. The SMILES string of the molecule is FC(F)(F)c1ccc(-c2cccc(CBr)c2Cl)cc1. The molecule has 0 saturated carbocycles. The molecule has 0 amide bonds. The highest BCUT2D eigenvalue weighted by Gasteiger charge is 2.30. The van der Waals surface area contributed by atoms with Gasteiger partial charge in [0.05, 0.1) is 10.6 Å². The molecular formula is C14H9BrClF3. The maximum atomic E-state index is 12.5. The van der Waals surface area contributed by atoms with E-state index in [0.717, 1.165) is 23.3 Å². The Bertz CT molecular complexity index is 576. The Morgan fingerprint density at radius 2 is 1.63 bits per heavy atom. The minimum Gasteiger partial charge on any atom is -0.166 e. The van der Waals surface area contributed by atoms with E-state index in [9.17, 15) is 13.2 Å². The van der Waals surface area contributed by atoms with Crippen molar-refractivity contribution in [3.63, 3.8) is 0 Å². The molecular weight excluding hydrogens is 341 g/mol. The zero-order chi connectivity index (χ0) is 14.0. The lowest BCUT2D eigenvalue weighted by molar-refractivity contribution is -0.137. The molecule has 0 aliphatic heterocycles. The highest BCUT2D eigenvalue weighted by molar-refractivity contribution is 9.08. The Hall–Kier alpha value is -1.000. The van der Waals surface area contributed by atoms with Crippen LogP contribution in [0.2, 0.25) is 5.02 Å². The smallest absolute Gasteiger partial charge is 0.166 e. The van der Waals surface area contributed by atoms with Crippen LogP contribution in [0.4, 0.5) is 13.2 Å². The summed E-state index contributed by atoms with van der Waals surface area (Å²) in [5.41, 5.74) is 1.64. The van der Waals surface area contributed by atoms with Gasteiger partial charge in [-0.25, -0.2) is 0 Å². The van der Waals surface area contributed by atoms with Gasteiger partial charge in [-0.05, 0) is 23.3 Å². The minimum atomic E-state index is -4.32. The Balaban J connectivity index is 2.43. The van der Waals surface area contributed by atoms with Crippen LogP contribution >= 0.6 is 27.5 Å². The quantitative estimate of drug-likeness (QED) is 0.590. The van der Waals surface area contributed by atoms with Crippen LogP contribution in [0.15, 0.2) is 42.5 Å². The molecule has 0 heterocycles. The van der Waals surface area contributed by atoms with Gasteiger partial charge in [-0.2, -0.15) is 13.2 Å². The van der Waals surface area contributed by atoms with Crippen molar-refractivity contribution in [2.75, 3.05) is 0 Å². The summed E-state index contributed by atoms with van der Waals surface area (Å²) in [5.74, 6) is 0. The minimum absolute atomic E-state index is 0.555. The van der Waals surface area contributed by atoms with E-state index in [2.05, 4.69) is 15.9 Å². The molecule has 0 fully saturated rings. The van der Waals surface area contributed by atoms with E-state index in [1.165, 1.54) is 12.1 Å². The van der Waals surface area contributed by atoms with Crippen LogP contribution in [-0.2, 0) is 11.5 Å². The molecule has 0 nitrogen and oxygen atoms in total. The second kappa shape index (κ2) is 5.55. The van der Waals surface area contributed by atoms with Crippen LogP contribution in [0, 0.1) is 0 Å². The largest absolute Gasteiger partial charge is 0.416 e. The third-order valence-electron chi connectivity index (χ3n) is 2.75. The van der Waals surface area contributed by atoms with Crippen LogP contribution < -0.4 is 0 Å². The summed E-state index contributed by atoms with van der Waals surface area (Å²) in [4.78, 5) is 0. The maximum absolute atomic E-state index is 12.5. The summed E-state index contributed by atoms with van der Waals surface area (Å²) in [6, 6.07) is 10.5. The first-order valence-corrected chi connectivity index (χ1v) is 6.94. The monoisotopic (exact) mass is 348 g/mol. The number of halogens is 5. The molecule has 0 spiro atoms. The molecule has 0 aliphatic rings. The van der Waals surface area contributed by atoms with Gasteiger partial charge >= 0.3 is 6.18 Å². The average molecular weight is 350 g/mol. The number of rotatable bonds is 2. The number of hydrogen-bond donors (Lipinski definition) is 0. The molecule has 5 heteroatoms. The van der Waals surface area contributed by atoms with E-state index in [-0.39, 0.29) is 0 Å². The van der Waals surface area contributed by atoms with Crippen molar-refractivity contribution < 1.29 is 13.2 Å². The van der Waals surface area contributed by atoms with Crippen molar-refractivity contribution in [1.82, 2.24) is 0 Å². The van der Waals surface area contributed by atoms with Gasteiger partial charge in [-0.1, -0.05) is 57.9 Å². The Kier molecular flexibility index (Phi) is 4.21. The molecule has 100 valence electrons. The standard InChI is InChI=1S/C14H9BrClF3/c15-8-10-2-1-3-12(13(10)16)9-4-6-11(7-5-9)14(17,18)19/h1-7H,8H2. The Morgan fingerprint density at radius 3 is 2.16 bits per heavy atom. The first-order valence-electron chi connectivity index (χ1n) is 5.44. The summed E-state index contributed by atoms with van der Waals surface area (Å²) in [6.07, 6.45) is -4.32. The molecule has 0 aromatic heterocycles. The third-order valence-corrected chi connectivity index (χ3v) is 3.80. The van der Waals surface area contributed by atoms with Crippen molar-refractivity contribution in [2.24, 2.45) is 0 Å². The number of alkyl halides is 4. The molecule has 2 rings (SSSR count). The van der Waals surface area contributed by atoms with Crippen LogP contribution in [0.3, 0.4) is 0 Å². The molecule has 0 unspecified atom stereocenters. The molecule has 19 heavy (non-hydrogen) atoms. The van der Waals surface area contributed by atoms with Crippen molar-refractivity contribution in [1.29, 1.82) is 0 Å². The van der Waals surface area contributed by atoms with Gasteiger partial charge in [0.2, 0.25) is 0 Å². The van der Waals surface area contributed by atoms with E-state index in [0.29, 0.717) is 15.9 Å². The van der Waals surface area contributed by atoms with Crippen molar-refractivity contribution in [3.05, 3.63) is 58.6 Å². The van der Waals surface area contributed by atoms with Gasteiger partial charge in [0.15, 0.2) is 0 Å². The fraction of sp³-hybridized carbons (Fsp3) is 0.143. The molecule has 0 bridgehead atoms. The third kappa shape index (κ3) is 3.12. The van der Waals surface area contributed by atoms with Crippen LogP contribution in [0.1, 0.15) is 11.1 Å². The van der Waals surface area contributed by atoms with Gasteiger partial charge in [0.1, 0.15) is 0 Å². The van der Waals surface area contributed by atoms with Crippen molar-refractivity contribution in [3.8, 4) is 11.1 Å². The molecule has 0 saturated heterocycles. The second-order valence-electron chi connectivity index (χ2n) is 3.99. The molecule has 0 N–H and O–H groups in total. The van der Waals surface area contributed by atoms with Crippen LogP contribution in [0.25, 0.3) is 11.1 Å². The first-order chi connectivity index (χ1) is 8.93. The van der Waals surface area contributed by atoms with E-state index >= 15 is 0 Å². The van der Waals surface area contributed by atoms with Gasteiger partial charge < -0.3 is 0 Å². The normalized spacial score (nSPS) is 11.6. The second-order valence-corrected chi connectivity index (χ2v) is 4.93. The molecule has 0 atom stereocenters. The van der Waals surface area contributed by atoms with Gasteiger partial charge in [0, 0.05) is 10.9 Å².